The minimum atomic E-state index is -0.485. The topological polar surface area (TPSA) is 50.7 Å². The first-order valence-electron chi connectivity index (χ1n) is 5.88. The lowest BCUT2D eigenvalue weighted by Crippen LogP contribution is -2.13. The van der Waals surface area contributed by atoms with E-state index in [2.05, 4.69) is 5.32 Å². The van der Waals surface area contributed by atoms with E-state index in [0.717, 1.165) is 17.9 Å². The fourth-order valence-electron chi connectivity index (χ4n) is 1.46. The molecule has 4 heteroatoms. The molecule has 0 saturated carbocycles. The summed E-state index contributed by atoms with van der Waals surface area (Å²) in [6.07, 6.45) is -0.485. The number of ether oxygens (including phenoxy) is 2. The molecule has 0 bridgehead atoms. The maximum Gasteiger partial charge on any atom is 0.161 e. The van der Waals surface area contributed by atoms with Crippen LogP contribution in [0, 0.1) is 0 Å². The van der Waals surface area contributed by atoms with Gasteiger partial charge in [-0.3, -0.25) is 0 Å². The Balaban J connectivity index is 2.79. The fourth-order valence-corrected chi connectivity index (χ4v) is 1.46. The normalized spacial score (nSPS) is 12.2. The summed E-state index contributed by atoms with van der Waals surface area (Å²) in [7, 11) is 1.90. The molecule has 1 atom stereocenters. The van der Waals surface area contributed by atoms with Crippen LogP contribution in [0.25, 0.3) is 0 Å². The molecule has 0 aliphatic carbocycles. The molecule has 0 fully saturated rings. The quantitative estimate of drug-likeness (QED) is 0.758. The molecule has 0 aliphatic heterocycles. The van der Waals surface area contributed by atoms with Crippen molar-refractivity contribution in [3.8, 4) is 11.5 Å². The third kappa shape index (κ3) is 4.63. The van der Waals surface area contributed by atoms with Crippen molar-refractivity contribution in [1.29, 1.82) is 0 Å². The fraction of sp³-hybridized carbons (Fsp3) is 0.538. The van der Waals surface area contributed by atoms with Crippen LogP contribution < -0.4 is 14.8 Å². The molecule has 17 heavy (non-hydrogen) atoms. The van der Waals surface area contributed by atoms with Crippen molar-refractivity contribution in [1.82, 2.24) is 5.32 Å². The Morgan fingerprint density at radius 2 is 2.06 bits per heavy atom. The molecule has 0 amide bonds. The molecule has 0 heterocycles. The minimum absolute atomic E-state index is 0.269. The summed E-state index contributed by atoms with van der Waals surface area (Å²) in [5.41, 5.74) is 1.14. The van der Waals surface area contributed by atoms with Crippen LogP contribution in [-0.4, -0.2) is 31.5 Å². The van der Waals surface area contributed by atoms with Crippen molar-refractivity contribution in [3.05, 3.63) is 23.8 Å². The first-order valence-corrected chi connectivity index (χ1v) is 5.88. The highest BCUT2D eigenvalue weighted by molar-refractivity contribution is 5.43. The molecule has 96 valence electrons. The Kier molecular flexibility index (Phi) is 5.80. The minimum Gasteiger partial charge on any atom is -0.490 e. The Hall–Kier alpha value is -1.26. The summed E-state index contributed by atoms with van der Waals surface area (Å²) in [5, 5.41) is 12.3. The predicted molar refractivity (Wildman–Crippen MR) is 67.6 cm³/mol. The van der Waals surface area contributed by atoms with Crippen LogP contribution in [0.15, 0.2) is 18.2 Å². The standard InChI is InChI=1S/C13H21NO3/c1-4-16-13-7-11(8-14-3)5-6-12(13)17-9-10(2)15/h5-7,10,14-15H,4,8-9H2,1-3H3. The van der Waals surface area contributed by atoms with Gasteiger partial charge in [0.2, 0.25) is 0 Å². The number of rotatable bonds is 7. The molecular formula is C13H21NO3. The third-order valence-electron chi connectivity index (χ3n) is 2.17. The van der Waals surface area contributed by atoms with E-state index in [1.165, 1.54) is 0 Å². The molecule has 1 aromatic rings. The number of aliphatic hydroxyl groups is 1. The maximum absolute atomic E-state index is 9.20. The molecule has 1 aromatic carbocycles. The van der Waals surface area contributed by atoms with Gasteiger partial charge in [-0.25, -0.2) is 0 Å². The van der Waals surface area contributed by atoms with E-state index in [0.29, 0.717) is 12.4 Å². The highest BCUT2D eigenvalue weighted by Crippen LogP contribution is 2.28. The van der Waals surface area contributed by atoms with E-state index in [1.54, 1.807) is 6.92 Å². The van der Waals surface area contributed by atoms with E-state index in [9.17, 15) is 5.11 Å². The molecule has 0 radical (unpaired) electrons. The molecule has 0 aliphatic rings. The second kappa shape index (κ2) is 7.14. The highest BCUT2D eigenvalue weighted by Gasteiger charge is 2.07. The zero-order chi connectivity index (χ0) is 12.7. The molecule has 2 N–H and O–H groups in total. The summed E-state index contributed by atoms with van der Waals surface area (Å²) >= 11 is 0. The summed E-state index contributed by atoms with van der Waals surface area (Å²) in [6, 6.07) is 5.81. The second-order valence-electron chi connectivity index (χ2n) is 3.90. The zero-order valence-corrected chi connectivity index (χ0v) is 10.7. The molecule has 0 aromatic heterocycles. The first kappa shape index (κ1) is 13.8. The molecule has 1 unspecified atom stereocenters. The van der Waals surface area contributed by atoms with Crippen molar-refractivity contribution < 1.29 is 14.6 Å². The van der Waals surface area contributed by atoms with Crippen LogP contribution in [0.3, 0.4) is 0 Å². The average Bonchev–Trinajstić information content (AvgIpc) is 2.28. The number of benzene rings is 1. The SMILES string of the molecule is CCOc1cc(CNC)ccc1OCC(C)O. The summed E-state index contributed by atoms with van der Waals surface area (Å²) in [4.78, 5) is 0. The van der Waals surface area contributed by atoms with E-state index in [-0.39, 0.29) is 6.61 Å². The first-order chi connectivity index (χ1) is 8.17. The Bertz CT molecular complexity index is 339. The number of hydrogen-bond donors (Lipinski definition) is 2. The van der Waals surface area contributed by atoms with E-state index in [1.807, 2.05) is 32.2 Å². The van der Waals surface area contributed by atoms with Gasteiger partial charge in [-0.15, -0.1) is 0 Å². The number of hydrogen-bond acceptors (Lipinski definition) is 4. The lowest BCUT2D eigenvalue weighted by molar-refractivity contribution is 0.120. The van der Waals surface area contributed by atoms with E-state index in [4.69, 9.17) is 9.47 Å². The van der Waals surface area contributed by atoms with Crippen LogP contribution >= 0.6 is 0 Å². The smallest absolute Gasteiger partial charge is 0.161 e. The van der Waals surface area contributed by atoms with Gasteiger partial charge < -0.3 is 19.9 Å². The largest absolute Gasteiger partial charge is 0.490 e. The lowest BCUT2D eigenvalue weighted by atomic mass is 10.2. The highest BCUT2D eigenvalue weighted by atomic mass is 16.5. The molecule has 0 spiro atoms. The van der Waals surface area contributed by atoms with Crippen molar-refractivity contribution in [2.24, 2.45) is 0 Å². The van der Waals surface area contributed by atoms with Crippen LogP contribution in [0.4, 0.5) is 0 Å². The van der Waals surface area contributed by atoms with Gasteiger partial charge in [-0.2, -0.15) is 0 Å². The Morgan fingerprint density at radius 1 is 1.29 bits per heavy atom. The third-order valence-corrected chi connectivity index (χ3v) is 2.17. The average molecular weight is 239 g/mol. The van der Waals surface area contributed by atoms with E-state index < -0.39 is 6.10 Å². The summed E-state index contributed by atoms with van der Waals surface area (Å²) < 4.78 is 11.0. The van der Waals surface area contributed by atoms with Gasteiger partial charge in [0, 0.05) is 6.54 Å². The van der Waals surface area contributed by atoms with Gasteiger partial charge in [0.15, 0.2) is 11.5 Å². The second-order valence-corrected chi connectivity index (χ2v) is 3.90. The van der Waals surface area contributed by atoms with Gasteiger partial charge in [0.25, 0.3) is 0 Å². The van der Waals surface area contributed by atoms with Crippen LogP contribution in [0.2, 0.25) is 0 Å². The molecule has 1 rings (SSSR count). The predicted octanol–water partition coefficient (Wildman–Crippen LogP) is 1.56. The van der Waals surface area contributed by atoms with Gasteiger partial charge >= 0.3 is 0 Å². The van der Waals surface area contributed by atoms with Crippen molar-refractivity contribution in [2.45, 2.75) is 26.5 Å². The van der Waals surface area contributed by atoms with Crippen molar-refractivity contribution in [2.75, 3.05) is 20.3 Å². The maximum atomic E-state index is 9.20. The van der Waals surface area contributed by atoms with Crippen molar-refractivity contribution in [3.63, 3.8) is 0 Å². The summed E-state index contributed by atoms with van der Waals surface area (Å²) in [6.45, 7) is 5.27. The number of nitrogens with one attached hydrogen (secondary N) is 1. The van der Waals surface area contributed by atoms with Gasteiger partial charge in [-0.1, -0.05) is 6.07 Å². The van der Waals surface area contributed by atoms with Gasteiger partial charge in [0.05, 0.1) is 12.7 Å². The molecule has 4 nitrogen and oxygen atoms in total. The summed E-state index contributed by atoms with van der Waals surface area (Å²) in [5.74, 6) is 1.40. The Labute approximate surface area is 103 Å². The molecule has 0 saturated heterocycles. The monoisotopic (exact) mass is 239 g/mol. The van der Waals surface area contributed by atoms with Crippen LogP contribution in [-0.2, 0) is 6.54 Å². The van der Waals surface area contributed by atoms with E-state index >= 15 is 0 Å². The van der Waals surface area contributed by atoms with Crippen molar-refractivity contribution >= 4 is 0 Å². The number of aliphatic hydroxyl groups excluding tert-OH is 1. The molecular weight excluding hydrogens is 218 g/mol. The van der Waals surface area contributed by atoms with Gasteiger partial charge in [0.1, 0.15) is 6.61 Å². The Morgan fingerprint density at radius 3 is 2.65 bits per heavy atom. The van der Waals surface area contributed by atoms with Crippen LogP contribution in [0.5, 0.6) is 11.5 Å². The van der Waals surface area contributed by atoms with Gasteiger partial charge in [-0.05, 0) is 38.6 Å². The van der Waals surface area contributed by atoms with Crippen LogP contribution in [0.1, 0.15) is 19.4 Å². The lowest BCUT2D eigenvalue weighted by Gasteiger charge is -2.14. The zero-order valence-electron chi connectivity index (χ0n) is 10.7.